The Morgan fingerprint density at radius 2 is 1.84 bits per heavy atom. The highest BCUT2D eigenvalue weighted by Crippen LogP contribution is 2.57. The SMILES string of the molecule is CCCC(C)N1CC=C[C@]23O[C@]4(C)C=CCCOC(=O)[C@@H]4[C@H]2C(=O)N([C@@H](CO)Cc2ccccc2)C3C1=O. The van der Waals surface area contributed by atoms with E-state index in [4.69, 9.17) is 9.47 Å². The summed E-state index contributed by atoms with van der Waals surface area (Å²) >= 11 is 0. The Labute approximate surface area is 224 Å². The summed E-state index contributed by atoms with van der Waals surface area (Å²) < 4.78 is 12.3. The molecule has 38 heavy (non-hydrogen) atoms. The van der Waals surface area contributed by atoms with Gasteiger partial charge in [-0.2, -0.15) is 0 Å². The summed E-state index contributed by atoms with van der Waals surface area (Å²) in [5, 5.41) is 10.6. The number of carbonyl (C=O) groups is 3. The number of fused-ring (bicyclic) bond motifs is 2. The van der Waals surface area contributed by atoms with Crippen LogP contribution in [-0.4, -0.2) is 81.8 Å². The van der Waals surface area contributed by atoms with Crippen LogP contribution in [0.5, 0.6) is 0 Å². The normalized spacial score (nSPS) is 34.1. The number of hydrogen-bond acceptors (Lipinski definition) is 6. The lowest BCUT2D eigenvalue weighted by Crippen LogP contribution is -2.60. The van der Waals surface area contributed by atoms with E-state index >= 15 is 0 Å². The highest BCUT2D eigenvalue weighted by Gasteiger charge is 2.75. The van der Waals surface area contributed by atoms with Gasteiger partial charge in [0.25, 0.3) is 0 Å². The Balaban J connectivity index is 1.64. The summed E-state index contributed by atoms with van der Waals surface area (Å²) in [5.41, 5.74) is -1.52. The molecule has 1 N–H and O–H groups in total. The summed E-state index contributed by atoms with van der Waals surface area (Å²) in [4.78, 5) is 45.6. The van der Waals surface area contributed by atoms with Crippen LogP contribution in [0.15, 0.2) is 54.6 Å². The largest absolute Gasteiger partial charge is 0.465 e. The third kappa shape index (κ3) is 4.18. The monoisotopic (exact) mass is 522 g/mol. The molecule has 5 rings (SSSR count). The second kappa shape index (κ2) is 10.3. The van der Waals surface area contributed by atoms with Gasteiger partial charge >= 0.3 is 5.97 Å². The summed E-state index contributed by atoms with van der Waals surface area (Å²) in [7, 11) is 0. The number of ether oxygens (including phenoxy) is 2. The number of benzene rings is 1. The number of nitrogens with zero attached hydrogens (tertiary/aromatic N) is 2. The van der Waals surface area contributed by atoms with Crippen molar-refractivity contribution < 1.29 is 29.0 Å². The van der Waals surface area contributed by atoms with E-state index in [2.05, 4.69) is 6.92 Å². The molecule has 4 heterocycles. The van der Waals surface area contributed by atoms with Crippen LogP contribution in [0.25, 0.3) is 0 Å². The van der Waals surface area contributed by atoms with Gasteiger partial charge in [0.2, 0.25) is 11.8 Å². The topological polar surface area (TPSA) is 96.4 Å². The van der Waals surface area contributed by atoms with Crippen LogP contribution < -0.4 is 0 Å². The van der Waals surface area contributed by atoms with E-state index in [9.17, 15) is 19.5 Å². The van der Waals surface area contributed by atoms with Gasteiger partial charge < -0.3 is 24.4 Å². The molecular weight excluding hydrogens is 484 g/mol. The van der Waals surface area contributed by atoms with Gasteiger partial charge in [0, 0.05) is 12.6 Å². The van der Waals surface area contributed by atoms with Gasteiger partial charge in [-0.15, -0.1) is 0 Å². The first-order chi connectivity index (χ1) is 18.3. The van der Waals surface area contributed by atoms with Gasteiger partial charge in [-0.25, -0.2) is 0 Å². The van der Waals surface area contributed by atoms with Crippen molar-refractivity contribution in [1.82, 2.24) is 9.80 Å². The number of esters is 1. The zero-order valence-electron chi connectivity index (χ0n) is 22.4. The third-order valence-electron chi connectivity index (χ3n) is 8.65. The highest BCUT2D eigenvalue weighted by molar-refractivity contribution is 5.99. The maximum atomic E-state index is 14.4. The quantitative estimate of drug-likeness (QED) is 0.437. The Morgan fingerprint density at radius 3 is 2.55 bits per heavy atom. The van der Waals surface area contributed by atoms with Crippen LogP contribution >= 0.6 is 0 Å². The molecule has 0 saturated carbocycles. The fourth-order valence-electron chi connectivity index (χ4n) is 6.95. The van der Waals surface area contributed by atoms with Gasteiger partial charge in [-0.3, -0.25) is 14.4 Å². The lowest BCUT2D eigenvalue weighted by Gasteiger charge is -2.41. The van der Waals surface area contributed by atoms with E-state index < -0.39 is 41.1 Å². The predicted octanol–water partition coefficient (Wildman–Crippen LogP) is 2.65. The standard InChI is InChI=1S/C30H38N2O6/c1-4-11-20(2)31-16-10-15-30-23(24-28(36)37-17-9-8-14-29(24,3)38-30)26(34)32(25(30)27(31)35)22(19-33)18-21-12-6-5-7-13-21/h5-8,10,12-15,20,22-25,33H,4,9,11,16-19H2,1-3H3/t20?,22-,23+,24+,25?,29-,30+/m1/s1. The number of amides is 2. The summed E-state index contributed by atoms with van der Waals surface area (Å²) in [6.07, 6.45) is 10.2. The molecule has 2 unspecified atom stereocenters. The fraction of sp³-hybridized carbons (Fsp3) is 0.567. The molecule has 1 aromatic rings. The maximum absolute atomic E-state index is 14.4. The van der Waals surface area contributed by atoms with E-state index in [1.54, 1.807) is 11.8 Å². The van der Waals surface area contributed by atoms with Crippen LogP contribution in [0.4, 0.5) is 0 Å². The number of likely N-dealkylation sites (tertiary alicyclic amines) is 1. The Hall–Kier alpha value is -2.97. The molecule has 2 amide bonds. The zero-order valence-corrected chi connectivity index (χ0v) is 22.4. The molecule has 0 bridgehead atoms. The zero-order chi connectivity index (χ0) is 27.1. The first kappa shape index (κ1) is 26.6. The smallest absolute Gasteiger partial charge is 0.313 e. The van der Waals surface area contributed by atoms with Crippen LogP contribution in [0.2, 0.25) is 0 Å². The minimum absolute atomic E-state index is 0.0412. The molecule has 0 radical (unpaired) electrons. The number of aliphatic hydroxyl groups excluding tert-OH is 1. The van der Waals surface area contributed by atoms with E-state index in [0.717, 1.165) is 18.4 Å². The number of rotatable bonds is 7. The molecule has 4 aliphatic heterocycles. The summed E-state index contributed by atoms with van der Waals surface area (Å²) in [6, 6.07) is 7.89. The van der Waals surface area contributed by atoms with Gasteiger partial charge in [-0.05, 0) is 38.7 Å². The molecular formula is C30H38N2O6. The average Bonchev–Trinajstić information content (AvgIpc) is 3.22. The molecule has 8 heteroatoms. The van der Waals surface area contributed by atoms with Crippen molar-refractivity contribution in [1.29, 1.82) is 0 Å². The van der Waals surface area contributed by atoms with Crippen LogP contribution in [0.1, 0.15) is 45.6 Å². The molecule has 2 saturated heterocycles. The first-order valence-electron chi connectivity index (χ1n) is 13.8. The van der Waals surface area contributed by atoms with Crippen molar-refractivity contribution in [2.45, 2.75) is 75.8 Å². The lowest BCUT2D eigenvalue weighted by atomic mass is 9.74. The number of aliphatic hydroxyl groups is 1. The molecule has 4 aliphatic rings. The van der Waals surface area contributed by atoms with Crippen LogP contribution in [-0.2, 0) is 30.3 Å². The minimum Gasteiger partial charge on any atom is -0.465 e. The first-order valence-corrected chi connectivity index (χ1v) is 13.8. The number of hydrogen-bond donors (Lipinski definition) is 1. The highest BCUT2D eigenvalue weighted by atomic mass is 16.6. The van der Waals surface area contributed by atoms with Crippen molar-refractivity contribution in [2.24, 2.45) is 11.8 Å². The Bertz CT molecular complexity index is 1130. The molecule has 0 aliphatic carbocycles. The maximum Gasteiger partial charge on any atom is 0.313 e. The Morgan fingerprint density at radius 1 is 1.08 bits per heavy atom. The molecule has 2 fully saturated rings. The van der Waals surface area contributed by atoms with Crippen molar-refractivity contribution in [3.63, 3.8) is 0 Å². The van der Waals surface area contributed by atoms with Crippen molar-refractivity contribution in [3.05, 3.63) is 60.2 Å². The van der Waals surface area contributed by atoms with E-state index in [0.29, 0.717) is 19.4 Å². The van der Waals surface area contributed by atoms with Crippen LogP contribution in [0.3, 0.4) is 0 Å². The second-order valence-electron chi connectivity index (χ2n) is 11.2. The summed E-state index contributed by atoms with van der Waals surface area (Å²) in [6.45, 7) is 6.19. The average molecular weight is 523 g/mol. The third-order valence-corrected chi connectivity index (χ3v) is 8.65. The molecule has 7 atom stereocenters. The van der Waals surface area contributed by atoms with E-state index in [-0.39, 0.29) is 31.1 Å². The second-order valence-corrected chi connectivity index (χ2v) is 11.2. The Kier molecular flexibility index (Phi) is 7.22. The van der Waals surface area contributed by atoms with Crippen molar-refractivity contribution >= 4 is 17.8 Å². The van der Waals surface area contributed by atoms with Gasteiger partial charge in [-0.1, -0.05) is 68.0 Å². The van der Waals surface area contributed by atoms with Crippen molar-refractivity contribution in [2.75, 3.05) is 19.8 Å². The van der Waals surface area contributed by atoms with Gasteiger partial charge in [0.15, 0.2) is 0 Å². The van der Waals surface area contributed by atoms with E-state index in [1.165, 1.54) is 4.90 Å². The molecule has 8 nitrogen and oxygen atoms in total. The number of cyclic esters (lactones) is 1. The fourth-order valence-corrected chi connectivity index (χ4v) is 6.95. The molecule has 204 valence electrons. The summed E-state index contributed by atoms with van der Waals surface area (Å²) in [5.74, 6) is -2.91. The molecule has 1 aromatic carbocycles. The number of carbonyl (C=O) groups excluding carboxylic acids is 3. The van der Waals surface area contributed by atoms with Crippen LogP contribution in [0, 0.1) is 11.8 Å². The predicted molar refractivity (Wildman–Crippen MR) is 141 cm³/mol. The molecule has 1 spiro atoms. The van der Waals surface area contributed by atoms with Gasteiger partial charge in [0.1, 0.15) is 17.6 Å². The lowest BCUT2D eigenvalue weighted by molar-refractivity contribution is -0.162. The van der Waals surface area contributed by atoms with Gasteiger partial charge in [0.05, 0.1) is 30.8 Å². The van der Waals surface area contributed by atoms with Crippen molar-refractivity contribution in [3.8, 4) is 0 Å². The molecule has 0 aromatic heterocycles. The van der Waals surface area contributed by atoms with E-state index in [1.807, 2.05) is 61.6 Å². The minimum atomic E-state index is -1.36.